The highest BCUT2D eigenvalue weighted by atomic mass is 14.5. The third-order valence-electron chi connectivity index (χ3n) is 8.06. The molecule has 0 fully saturated rings. The van der Waals surface area contributed by atoms with Crippen LogP contribution in [-0.2, 0) is 11.8 Å². The zero-order valence-corrected chi connectivity index (χ0v) is 18.8. The standard InChI is InChI=1S/C34H22/c1-2-13-26-25(12-1)27-14-3-5-17-30(27)34(31-18-6-4-15-28(26)31)20-19-24-21-23-11-7-9-22-10-8-16-29(32(22)23)33(24)34/h1-9,11-21H,10H2. The van der Waals surface area contributed by atoms with E-state index >= 15 is 0 Å². The molecule has 0 saturated carbocycles. The Morgan fingerprint density at radius 1 is 0.588 bits per heavy atom. The van der Waals surface area contributed by atoms with Crippen LogP contribution in [0.15, 0.2) is 109 Å². The Labute approximate surface area is 199 Å². The van der Waals surface area contributed by atoms with Gasteiger partial charge in [0.05, 0.1) is 5.41 Å². The van der Waals surface area contributed by atoms with E-state index in [0.717, 1.165) is 6.42 Å². The lowest BCUT2D eigenvalue weighted by molar-refractivity contribution is 0.801. The molecule has 0 heterocycles. The lowest BCUT2D eigenvalue weighted by Gasteiger charge is -2.35. The Kier molecular flexibility index (Phi) is 3.47. The van der Waals surface area contributed by atoms with Crippen molar-refractivity contribution in [3.63, 3.8) is 0 Å². The minimum Gasteiger partial charge on any atom is -0.0795 e. The maximum Gasteiger partial charge on any atom is 0.0659 e. The molecule has 0 aliphatic heterocycles. The first-order valence-corrected chi connectivity index (χ1v) is 12.1. The fraction of sp³-hybridized carbons (Fsp3) is 0.0588. The minimum atomic E-state index is -0.333. The van der Waals surface area contributed by atoms with E-state index in [-0.39, 0.29) is 5.41 Å². The second kappa shape index (κ2) is 6.46. The Morgan fingerprint density at radius 3 is 1.94 bits per heavy atom. The minimum absolute atomic E-state index is 0.333. The molecule has 8 rings (SSSR count). The molecule has 3 aliphatic carbocycles. The molecule has 0 amide bonds. The predicted octanol–water partition coefficient (Wildman–Crippen LogP) is 8.42. The van der Waals surface area contributed by atoms with Crippen LogP contribution in [-0.4, -0.2) is 0 Å². The maximum atomic E-state index is 2.47. The van der Waals surface area contributed by atoms with Gasteiger partial charge in [0.1, 0.15) is 0 Å². The Balaban J connectivity index is 1.61. The van der Waals surface area contributed by atoms with Crippen LogP contribution in [0.5, 0.6) is 0 Å². The molecule has 0 bridgehead atoms. The van der Waals surface area contributed by atoms with Crippen LogP contribution in [0.3, 0.4) is 0 Å². The van der Waals surface area contributed by atoms with Gasteiger partial charge in [0, 0.05) is 0 Å². The fourth-order valence-corrected chi connectivity index (χ4v) is 6.77. The van der Waals surface area contributed by atoms with Crippen molar-refractivity contribution in [2.45, 2.75) is 11.8 Å². The molecule has 5 aromatic rings. The van der Waals surface area contributed by atoms with E-state index < -0.39 is 0 Å². The van der Waals surface area contributed by atoms with Gasteiger partial charge in [0.25, 0.3) is 0 Å². The zero-order chi connectivity index (χ0) is 22.3. The third-order valence-corrected chi connectivity index (χ3v) is 8.06. The molecule has 0 nitrogen and oxygen atoms in total. The largest absolute Gasteiger partial charge is 0.0795 e. The molecule has 0 unspecified atom stereocenters. The number of benzene rings is 5. The van der Waals surface area contributed by atoms with E-state index in [2.05, 4.69) is 121 Å². The zero-order valence-electron chi connectivity index (χ0n) is 18.8. The lowest BCUT2D eigenvalue weighted by Crippen LogP contribution is -2.27. The second-order valence-corrected chi connectivity index (χ2v) is 9.65. The van der Waals surface area contributed by atoms with Gasteiger partial charge in [-0.1, -0.05) is 115 Å². The van der Waals surface area contributed by atoms with Crippen molar-refractivity contribution in [1.29, 1.82) is 0 Å². The summed E-state index contributed by atoms with van der Waals surface area (Å²) >= 11 is 0. The van der Waals surface area contributed by atoms with Crippen molar-refractivity contribution >= 4 is 22.9 Å². The van der Waals surface area contributed by atoms with Gasteiger partial charge in [-0.2, -0.15) is 0 Å². The second-order valence-electron chi connectivity index (χ2n) is 9.65. The quantitative estimate of drug-likeness (QED) is 0.231. The van der Waals surface area contributed by atoms with Crippen LogP contribution in [0, 0.1) is 0 Å². The van der Waals surface area contributed by atoms with Crippen molar-refractivity contribution in [1.82, 2.24) is 0 Å². The van der Waals surface area contributed by atoms with Gasteiger partial charge in [0.15, 0.2) is 0 Å². The van der Waals surface area contributed by atoms with Crippen molar-refractivity contribution in [3.05, 3.63) is 143 Å². The molecule has 0 saturated heterocycles. The molecule has 5 aromatic carbocycles. The molecule has 0 radical (unpaired) electrons. The summed E-state index contributed by atoms with van der Waals surface area (Å²) in [5.74, 6) is 0. The number of fused-ring (bicyclic) bond motifs is 10. The first kappa shape index (κ1) is 18.3. The van der Waals surface area contributed by atoms with Crippen molar-refractivity contribution in [2.75, 3.05) is 0 Å². The van der Waals surface area contributed by atoms with E-state index in [9.17, 15) is 0 Å². The topological polar surface area (TPSA) is 0 Å². The summed E-state index contributed by atoms with van der Waals surface area (Å²) in [5.41, 5.74) is 13.3. The van der Waals surface area contributed by atoms with E-state index in [4.69, 9.17) is 0 Å². The SMILES string of the molecule is C1=Cc2c3c(cc4cccc(c24)C1)C=CC31c2ccccc2-c2ccccc2-c2ccccc21. The summed E-state index contributed by atoms with van der Waals surface area (Å²) in [6.45, 7) is 0. The molecule has 1 spiro atoms. The van der Waals surface area contributed by atoms with Gasteiger partial charge in [-0.15, -0.1) is 0 Å². The molecular formula is C34H22. The number of hydrogen-bond acceptors (Lipinski definition) is 0. The third kappa shape index (κ3) is 2.14. The normalized spacial score (nSPS) is 15.5. The van der Waals surface area contributed by atoms with E-state index in [1.165, 1.54) is 66.4 Å². The molecule has 34 heavy (non-hydrogen) atoms. The summed E-state index contributed by atoms with van der Waals surface area (Å²) in [6.07, 6.45) is 10.6. The average molecular weight is 431 g/mol. The fourth-order valence-electron chi connectivity index (χ4n) is 6.77. The first-order valence-electron chi connectivity index (χ1n) is 12.1. The number of rotatable bonds is 0. The van der Waals surface area contributed by atoms with E-state index in [1.807, 2.05) is 0 Å². The summed E-state index contributed by atoms with van der Waals surface area (Å²) in [5, 5.41) is 2.76. The molecule has 0 heteroatoms. The van der Waals surface area contributed by atoms with Crippen LogP contribution in [0.25, 0.3) is 45.2 Å². The molecule has 0 N–H and O–H groups in total. The lowest BCUT2D eigenvalue weighted by atomic mass is 9.66. The van der Waals surface area contributed by atoms with Gasteiger partial charge in [-0.3, -0.25) is 0 Å². The molecular weight excluding hydrogens is 408 g/mol. The number of allylic oxidation sites excluding steroid dienone is 2. The van der Waals surface area contributed by atoms with Gasteiger partial charge in [0.2, 0.25) is 0 Å². The van der Waals surface area contributed by atoms with Crippen LogP contribution < -0.4 is 0 Å². The Hall–Kier alpha value is -4.16. The van der Waals surface area contributed by atoms with Crippen molar-refractivity contribution < 1.29 is 0 Å². The van der Waals surface area contributed by atoms with Gasteiger partial charge < -0.3 is 0 Å². The highest BCUT2D eigenvalue weighted by Gasteiger charge is 2.45. The van der Waals surface area contributed by atoms with Gasteiger partial charge in [-0.25, -0.2) is 0 Å². The predicted molar refractivity (Wildman–Crippen MR) is 143 cm³/mol. The smallest absolute Gasteiger partial charge is 0.0659 e. The maximum absolute atomic E-state index is 2.47. The summed E-state index contributed by atoms with van der Waals surface area (Å²) in [7, 11) is 0. The molecule has 3 aliphatic rings. The van der Waals surface area contributed by atoms with E-state index in [0.29, 0.717) is 0 Å². The van der Waals surface area contributed by atoms with Crippen LogP contribution in [0.4, 0.5) is 0 Å². The Morgan fingerprint density at radius 2 is 1.24 bits per heavy atom. The highest BCUT2D eigenvalue weighted by Crippen LogP contribution is 2.57. The average Bonchev–Trinajstić information content (AvgIpc) is 3.25. The highest BCUT2D eigenvalue weighted by molar-refractivity contribution is 6.02. The van der Waals surface area contributed by atoms with Crippen molar-refractivity contribution in [2.24, 2.45) is 0 Å². The summed E-state index contributed by atoms with van der Waals surface area (Å²) in [4.78, 5) is 0. The first-order chi connectivity index (χ1) is 16.9. The number of hydrogen-bond donors (Lipinski definition) is 0. The molecule has 0 aromatic heterocycles. The molecule has 0 atom stereocenters. The van der Waals surface area contributed by atoms with Crippen LogP contribution >= 0.6 is 0 Å². The van der Waals surface area contributed by atoms with Gasteiger partial charge in [-0.05, 0) is 78.9 Å². The summed E-state index contributed by atoms with van der Waals surface area (Å²) in [6, 6.07) is 36.2. The Bertz CT molecular complexity index is 1660. The summed E-state index contributed by atoms with van der Waals surface area (Å²) < 4.78 is 0. The van der Waals surface area contributed by atoms with Crippen LogP contribution in [0.1, 0.15) is 33.4 Å². The monoisotopic (exact) mass is 430 g/mol. The van der Waals surface area contributed by atoms with Gasteiger partial charge >= 0.3 is 0 Å². The van der Waals surface area contributed by atoms with Crippen LogP contribution in [0.2, 0.25) is 0 Å². The molecule has 158 valence electrons. The van der Waals surface area contributed by atoms with E-state index in [1.54, 1.807) is 0 Å². The van der Waals surface area contributed by atoms with Crippen molar-refractivity contribution in [3.8, 4) is 22.3 Å².